The maximum Gasteiger partial charge on any atom is 0.306 e. The zero-order valence-electron chi connectivity index (χ0n) is 21.6. The Kier molecular flexibility index (Phi) is 6.52. The van der Waals surface area contributed by atoms with Gasteiger partial charge in [-0.05, 0) is 36.1 Å². The van der Waals surface area contributed by atoms with E-state index in [2.05, 4.69) is 9.88 Å². The SMILES string of the molecule is COC(=O)CC(c1oc(CN2C[C@H]3C[C@@H](C2)c2cccc(=O)n2C3)cc(=O)c1O)c1ccnc2ccccc12. The number of rotatable bonds is 6. The average molecular weight is 528 g/mol. The van der Waals surface area contributed by atoms with Gasteiger partial charge in [-0.25, -0.2) is 0 Å². The van der Waals surface area contributed by atoms with Crippen molar-refractivity contribution in [2.75, 3.05) is 20.2 Å². The van der Waals surface area contributed by atoms with Crippen LogP contribution in [0, 0.1) is 5.92 Å². The number of para-hydroxylation sites is 1. The number of aromatic hydroxyl groups is 1. The number of fused-ring (bicyclic) bond motifs is 5. The van der Waals surface area contributed by atoms with Crippen molar-refractivity contribution < 1.29 is 19.1 Å². The van der Waals surface area contributed by atoms with Gasteiger partial charge in [-0.3, -0.25) is 24.3 Å². The summed E-state index contributed by atoms with van der Waals surface area (Å²) in [6.45, 7) is 2.52. The number of hydrogen-bond donors (Lipinski definition) is 1. The van der Waals surface area contributed by atoms with Crippen LogP contribution in [0.15, 0.2) is 74.8 Å². The lowest BCUT2D eigenvalue weighted by molar-refractivity contribution is -0.140. The van der Waals surface area contributed by atoms with Crippen molar-refractivity contribution in [3.8, 4) is 5.75 Å². The van der Waals surface area contributed by atoms with Crippen LogP contribution in [0.4, 0.5) is 0 Å². The predicted molar refractivity (Wildman–Crippen MR) is 144 cm³/mol. The van der Waals surface area contributed by atoms with Crippen molar-refractivity contribution in [1.29, 1.82) is 0 Å². The first kappa shape index (κ1) is 25.1. The third kappa shape index (κ3) is 4.74. The standard InChI is InChI=1S/C30H29N3O6/c1-38-28(36)13-23(21-9-10-31-24-6-3-2-5-22(21)24)30-29(37)26(34)12-20(39-30)17-32-14-18-11-19(16-32)25-7-4-8-27(35)33(25)15-18/h2-10,12,18-19,23,37H,11,13-17H2,1H3/t18-,19+,23?/m1/s1. The molecular formula is C30H29N3O6. The van der Waals surface area contributed by atoms with Gasteiger partial charge in [0.15, 0.2) is 5.76 Å². The number of benzene rings is 1. The molecule has 1 N–H and O–H groups in total. The lowest BCUT2D eigenvalue weighted by Crippen LogP contribution is -2.46. The molecule has 3 aromatic heterocycles. The van der Waals surface area contributed by atoms with Gasteiger partial charge >= 0.3 is 5.97 Å². The van der Waals surface area contributed by atoms with E-state index >= 15 is 0 Å². The number of aromatic nitrogens is 2. The van der Waals surface area contributed by atoms with E-state index in [0.29, 0.717) is 30.3 Å². The molecule has 39 heavy (non-hydrogen) atoms. The van der Waals surface area contributed by atoms with Crippen LogP contribution in [-0.4, -0.2) is 45.7 Å². The fourth-order valence-electron chi connectivity index (χ4n) is 6.23. The summed E-state index contributed by atoms with van der Waals surface area (Å²) < 4.78 is 13.1. The van der Waals surface area contributed by atoms with Crippen LogP contribution in [0.25, 0.3) is 10.9 Å². The monoisotopic (exact) mass is 527 g/mol. The Morgan fingerprint density at radius 1 is 1.13 bits per heavy atom. The minimum atomic E-state index is -0.752. The van der Waals surface area contributed by atoms with Crippen molar-refractivity contribution in [2.45, 2.75) is 37.8 Å². The summed E-state index contributed by atoms with van der Waals surface area (Å²) in [5.74, 6) is -0.791. The topological polar surface area (TPSA) is 115 Å². The lowest BCUT2D eigenvalue weighted by atomic mass is 9.83. The molecule has 9 nitrogen and oxygen atoms in total. The first-order valence-electron chi connectivity index (χ1n) is 13.1. The van der Waals surface area contributed by atoms with E-state index in [1.165, 1.54) is 13.2 Å². The van der Waals surface area contributed by atoms with E-state index in [9.17, 15) is 19.5 Å². The number of carbonyl (C=O) groups excluding carboxylic acids is 1. The van der Waals surface area contributed by atoms with Crippen molar-refractivity contribution in [3.63, 3.8) is 0 Å². The Morgan fingerprint density at radius 3 is 2.82 bits per heavy atom. The van der Waals surface area contributed by atoms with E-state index in [4.69, 9.17) is 9.15 Å². The van der Waals surface area contributed by atoms with Crippen LogP contribution in [0.5, 0.6) is 5.75 Å². The molecule has 1 fully saturated rings. The Labute approximate surface area is 224 Å². The van der Waals surface area contributed by atoms with Gasteiger partial charge in [0.2, 0.25) is 11.2 Å². The van der Waals surface area contributed by atoms with E-state index < -0.39 is 23.1 Å². The molecule has 2 aliphatic rings. The maximum absolute atomic E-state index is 13.0. The number of carbonyl (C=O) groups is 1. The van der Waals surface area contributed by atoms with Gasteiger partial charge in [-0.15, -0.1) is 0 Å². The van der Waals surface area contributed by atoms with Gasteiger partial charge in [-0.1, -0.05) is 24.3 Å². The molecule has 2 bridgehead atoms. The number of ether oxygens (including phenoxy) is 1. The van der Waals surface area contributed by atoms with Gasteiger partial charge in [0.1, 0.15) is 5.76 Å². The molecule has 3 atom stereocenters. The lowest BCUT2D eigenvalue weighted by Gasteiger charge is -2.42. The van der Waals surface area contributed by atoms with Gasteiger partial charge in [-0.2, -0.15) is 0 Å². The van der Waals surface area contributed by atoms with Gasteiger partial charge < -0.3 is 18.8 Å². The third-order valence-corrected chi connectivity index (χ3v) is 7.91. The van der Waals surface area contributed by atoms with Crippen LogP contribution >= 0.6 is 0 Å². The summed E-state index contributed by atoms with van der Waals surface area (Å²) >= 11 is 0. The van der Waals surface area contributed by atoms with E-state index in [1.54, 1.807) is 18.3 Å². The molecule has 6 rings (SSSR count). The Morgan fingerprint density at radius 2 is 1.97 bits per heavy atom. The fourth-order valence-corrected chi connectivity index (χ4v) is 6.23. The number of hydrogen-bond acceptors (Lipinski definition) is 8. The van der Waals surface area contributed by atoms with Crippen LogP contribution in [0.3, 0.4) is 0 Å². The molecule has 1 aromatic carbocycles. The van der Waals surface area contributed by atoms with Gasteiger partial charge in [0, 0.05) is 55.0 Å². The maximum atomic E-state index is 13.0. The number of likely N-dealkylation sites (tertiary alicyclic amines) is 1. The molecule has 9 heteroatoms. The quantitative estimate of drug-likeness (QED) is 0.380. The minimum absolute atomic E-state index is 0.0325. The second-order valence-corrected chi connectivity index (χ2v) is 10.4. The normalized spacial score (nSPS) is 19.4. The van der Waals surface area contributed by atoms with Crippen molar-refractivity contribution >= 4 is 16.9 Å². The molecule has 5 heterocycles. The van der Waals surface area contributed by atoms with Crippen molar-refractivity contribution in [2.24, 2.45) is 5.92 Å². The first-order chi connectivity index (χ1) is 18.9. The molecule has 0 saturated carbocycles. The molecule has 4 aromatic rings. The van der Waals surface area contributed by atoms with Crippen LogP contribution in [0.1, 0.15) is 47.5 Å². The zero-order chi connectivity index (χ0) is 27.1. The predicted octanol–water partition coefficient (Wildman–Crippen LogP) is 3.37. The highest BCUT2D eigenvalue weighted by molar-refractivity contribution is 5.84. The van der Waals surface area contributed by atoms with Crippen LogP contribution < -0.4 is 11.0 Å². The number of methoxy groups -OCH3 is 1. The van der Waals surface area contributed by atoms with Gasteiger partial charge in [0.05, 0.1) is 31.5 Å². The summed E-state index contributed by atoms with van der Waals surface area (Å²) in [6.07, 6.45) is 2.53. The smallest absolute Gasteiger partial charge is 0.306 e. The Bertz CT molecular complexity index is 1670. The number of pyridine rings is 2. The van der Waals surface area contributed by atoms with Gasteiger partial charge in [0.25, 0.3) is 5.56 Å². The summed E-state index contributed by atoms with van der Waals surface area (Å²) in [7, 11) is 1.30. The van der Waals surface area contributed by atoms with E-state index in [1.807, 2.05) is 41.0 Å². The summed E-state index contributed by atoms with van der Waals surface area (Å²) in [5, 5.41) is 11.7. The zero-order valence-corrected chi connectivity index (χ0v) is 21.6. The average Bonchev–Trinajstić information content (AvgIpc) is 2.94. The molecule has 1 saturated heterocycles. The molecule has 0 spiro atoms. The van der Waals surface area contributed by atoms with Crippen LogP contribution in [-0.2, 0) is 22.6 Å². The molecule has 2 aliphatic heterocycles. The second kappa shape index (κ2) is 10.1. The van der Waals surface area contributed by atoms with Crippen molar-refractivity contribution in [1.82, 2.24) is 14.5 Å². The number of esters is 1. The minimum Gasteiger partial charge on any atom is -0.502 e. The van der Waals surface area contributed by atoms with Crippen LogP contribution in [0.2, 0.25) is 0 Å². The highest BCUT2D eigenvalue weighted by Gasteiger charge is 2.35. The molecular weight excluding hydrogens is 498 g/mol. The Balaban J connectivity index is 1.35. The first-order valence-corrected chi connectivity index (χ1v) is 13.1. The fraction of sp³-hybridized carbons (Fsp3) is 0.333. The highest BCUT2D eigenvalue weighted by atomic mass is 16.5. The largest absolute Gasteiger partial charge is 0.502 e. The van der Waals surface area contributed by atoms with Crippen molar-refractivity contribution in [3.05, 3.63) is 104 Å². The molecule has 200 valence electrons. The van der Waals surface area contributed by atoms with E-state index in [0.717, 1.165) is 36.1 Å². The number of piperidine rings is 1. The molecule has 0 radical (unpaired) electrons. The molecule has 0 aliphatic carbocycles. The highest BCUT2D eigenvalue weighted by Crippen LogP contribution is 2.38. The summed E-state index contributed by atoms with van der Waals surface area (Å²) in [4.78, 5) is 44.4. The third-order valence-electron chi connectivity index (χ3n) is 7.91. The summed E-state index contributed by atoms with van der Waals surface area (Å²) in [6, 6.07) is 16.0. The molecule has 0 amide bonds. The second-order valence-electron chi connectivity index (χ2n) is 10.4. The Hall–Kier alpha value is -4.24. The molecule has 1 unspecified atom stereocenters. The number of nitrogens with zero attached hydrogens (tertiary/aromatic N) is 3. The van der Waals surface area contributed by atoms with E-state index in [-0.39, 0.29) is 23.7 Å². The summed E-state index contributed by atoms with van der Waals surface area (Å²) in [5.41, 5.74) is 1.94.